The highest BCUT2D eigenvalue weighted by molar-refractivity contribution is 7.80. The van der Waals surface area contributed by atoms with Gasteiger partial charge in [-0.15, -0.1) is 0 Å². The molecular formula is C18H22F3N3S. The topological polar surface area (TPSA) is 42.1 Å². The maximum atomic E-state index is 12.9. The molecule has 3 fully saturated rings. The molecular weight excluding hydrogens is 347 g/mol. The van der Waals surface area contributed by atoms with Gasteiger partial charge in [0.15, 0.2) is 0 Å². The van der Waals surface area contributed by atoms with E-state index in [0.29, 0.717) is 23.7 Å². The number of hydrogen-bond donors (Lipinski definition) is 1. The molecule has 1 unspecified atom stereocenters. The molecule has 1 aromatic rings. The fourth-order valence-electron chi connectivity index (χ4n) is 4.74. The number of pyridine rings is 1. The molecule has 3 aliphatic rings. The number of piperidine rings is 1. The van der Waals surface area contributed by atoms with Gasteiger partial charge in [0, 0.05) is 29.9 Å². The standard InChI is InChI=1S/C18H22F3N3S/c19-18(20,21)10-24-14-3-4-15(24)7-17(6-14,16(22)25)13-5-12(8-23-9-13)11-1-2-11/h5,8-9,11,14-15H,1-4,6-7,10H2,(H2,22,25)/t14-,15+,17?. The van der Waals surface area contributed by atoms with Crippen molar-refractivity contribution >= 4 is 17.2 Å². The number of thiocarbonyl (C=S) groups is 1. The van der Waals surface area contributed by atoms with E-state index < -0.39 is 18.1 Å². The molecule has 136 valence electrons. The van der Waals surface area contributed by atoms with E-state index in [4.69, 9.17) is 18.0 Å². The lowest BCUT2D eigenvalue weighted by molar-refractivity contribution is -0.156. The third-order valence-electron chi connectivity index (χ3n) is 6.13. The van der Waals surface area contributed by atoms with Crippen LogP contribution in [0.15, 0.2) is 18.5 Å². The summed E-state index contributed by atoms with van der Waals surface area (Å²) in [5.41, 5.74) is 7.84. The van der Waals surface area contributed by atoms with E-state index in [-0.39, 0.29) is 12.1 Å². The zero-order chi connectivity index (χ0) is 17.8. The minimum absolute atomic E-state index is 0.119. The van der Waals surface area contributed by atoms with Crippen LogP contribution in [-0.2, 0) is 5.41 Å². The van der Waals surface area contributed by atoms with Crippen LogP contribution in [0.25, 0.3) is 0 Å². The summed E-state index contributed by atoms with van der Waals surface area (Å²) in [6.45, 7) is -0.837. The molecule has 1 aliphatic carbocycles. The van der Waals surface area contributed by atoms with Gasteiger partial charge in [-0.05, 0) is 55.6 Å². The highest BCUT2D eigenvalue weighted by atomic mass is 32.1. The van der Waals surface area contributed by atoms with Crippen molar-refractivity contribution in [2.75, 3.05) is 6.54 Å². The molecule has 3 heterocycles. The first-order valence-electron chi connectivity index (χ1n) is 8.86. The van der Waals surface area contributed by atoms with Gasteiger partial charge >= 0.3 is 6.18 Å². The van der Waals surface area contributed by atoms with Crippen LogP contribution in [0, 0.1) is 0 Å². The predicted octanol–water partition coefficient (Wildman–Crippen LogP) is 3.67. The fourth-order valence-corrected chi connectivity index (χ4v) is 5.03. The number of nitrogens with zero attached hydrogens (tertiary/aromatic N) is 2. The molecule has 4 rings (SSSR count). The van der Waals surface area contributed by atoms with Crippen LogP contribution in [0.2, 0.25) is 0 Å². The lowest BCUT2D eigenvalue weighted by atomic mass is 9.70. The average Bonchev–Trinajstić information content (AvgIpc) is 3.35. The predicted molar refractivity (Wildman–Crippen MR) is 93.5 cm³/mol. The summed E-state index contributed by atoms with van der Waals surface area (Å²) in [4.78, 5) is 6.40. The summed E-state index contributed by atoms with van der Waals surface area (Å²) in [6.07, 6.45) is 4.56. The summed E-state index contributed by atoms with van der Waals surface area (Å²) in [5, 5.41) is 0. The molecule has 0 amide bonds. The minimum Gasteiger partial charge on any atom is -0.393 e. The largest absolute Gasteiger partial charge is 0.401 e. The molecule has 2 saturated heterocycles. The van der Waals surface area contributed by atoms with Crippen LogP contribution in [0.4, 0.5) is 13.2 Å². The minimum atomic E-state index is -4.17. The Bertz CT molecular complexity index is 672. The van der Waals surface area contributed by atoms with E-state index in [1.807, 2.05) is 12.4 Å². The Morgan fingerprint density at radius 3 is 2.36 bits per heavy atom. The average molecular weight is 369 g/mol. The van der Waals surface area contributed by atoms with Crippen molar-refractivity contribution in [3.05, 3.63) is 29.6 Å². The van der Waals surface area contributed by atoms with Crippen LogP contribution >= 0.6 is 12.2 Å². The Kier molecular flexibility index (Phi) is 4.07. The Hall–Kier alpha value is -1.21. The van der Waals surface area contributed by atoms with Gasteiger partial charge in [0.25, 0.3) is 0 Å². The molecule has 2 aliphatic heterocycles. The summed E-state index contributed by atoms with van der Waals surface area (Å²) in [5.74, 6) is 0.567. The molecule has 2 bridgehead atoms. The van der Waals surface area contributed by atoms with Crippen LogP contribution < -0.4 is 5.73 Å². The number of fused-ring (bicyclic) bond motifs is 2. The van der Waals surface area contributed by atoms with Crippen LogP contribution in [0.3, 0.4) is 0 Å². The molecule has 25 heavy (non-hydrogen) atoms. The summed E-state index contributed by atoms with van der Waals surface area (Å²) in [6, 6.07) is 1.90. The number of alkyl halides is 3. The normalized spacial score (nSPS) is 32.8. The second kappa shape index (κ2) is 5.91. The molecule has 0 spiro atoms. The third kappa shape index (κ3) is 3.16. The van der Waals surface area contributed by atoms with Crippen molar-refractivity contribution in [3.8, 4) is 0 Å². The Morgan fingerprint density at radius 1 is 1.20 bits per heavy atom. The highest BCUT2D eigenvalue weighted by Gasteiger charge is 2.53. The van der Waals surface area contributed by atoms with Gasteiger partial charge in [0.1, 0.15) is 0 Å². The Balaban J connectivity index is 1.65. The van der Waals surface area contributed by atoms with E-state index in [0.717, 1.165) is 18.4 Å². The molecule has 2 N–H and O–H groups in total. The van der Waals surface area contributed by atoms with Gasteiger partial charge in [-0.1, -0.05) is 18.3 Å². The van der Waals surface area contributed by atoms with E-state index >= 15 is 0 Å². The summed E-state index contributed by atoms with van der Waals surface area (Å²) >= 11 is 5.43. The van der Waals surface area contributed by atoms with E-state index in [9.17, 15) is 13.2 Å². The van der Waals surface area contributed by atoms with Crippen molar-refractivity contribution in [2.24, 2.45) is 5.73 Å². The van der Waals surface area contributed by atoms with Crippen molar-refractivity contribution < 1.29 is 13.2 Å². The van der Waals surface area contributed by atoms with Crippen molar-refractivity contribution in [2.45, 2.75) is 68.1 Å². The molecule has 3 atom stereocenters. The van der Waals surface area contributed by atoms with Gasteiger partial charge in [-0.2, -0.15) is 13.2 Å². The molecule has 3 nitrogen and oxygen atoms in total. The number of halogens is 3. The SMILES string of the molecule is NC(=S)C1(c2cncc(C3CC3)c2)C[C@H]2CC[C@@H](C1)N2CC(F)(F)F. The second-order valence-corrected chi connectivity index (χ2v) is 8.25. The molecule has 7 heteroatoms. The second-order valence-electron chi connectivity index (χ2n) is 7.81. The molecule has 1 saturated carbocycles. The number of nitrogens with two attached hydrogens (primary N) is 1. The van der Waals surface area contributed by atoms with Crippen LogP contribution in [0.1, 0.15) is 55.6 Å². The highest BCUT2D eigenvalue weighted by Crippen LogP contribution is 2.49. The number of hydrogen-bond acceptors (Lipinski definition) is 3. The third-order valence-corrected chi connectivity index (χ3v) is 6.52. The monoisotopic (exact) mass is 369 g/mol. The maximum absolute atomic E-state index is 12.9. The van der Waals surface area contributed by atoms with Gasteiger partial charge < -0.3 is 5.73 Å². The Labute approximate surface area is 150 Å². The first-order valence-corrected chi connectivity index (χ1v) is 9.27. The summed E-state index contributed by atoms with van der Waals surface area (Å²) in [7, 11) is 0. The van der Waals surface area contributed by atoms with Crippen molar-refractivity contribution in [1.29, 1.82) is 0 Å². The van der Waals surface area contributed by atoms with Gasteiger partial charge in [-0.3, -0.25) is 9.88 Å². The van der Waals surface area contributed by atoms with E-state index in [2.05, 4.69) is 11.1 Å². The van der Waals surface area contributed by atoms with Gasteiger partial charge in [0.05, 0.1) is 11.5 Å². The first kappa shape index (κ1) is 17.2. The van der Waals surface area contributed by atoms with E-state index in [1.54, 1.807) is 4.90 Å². The number of rotatable bonds is 4. The Morgan fingerprint density at radius 2 is 1.84 bits per heavy atom. The van der Waals surface area contributed by atoms with Gasteiger partial charge in [-0.25, -0.2) is 0 Å². The first-order chi connectivity index (χ1) is 11.8. The van der Waals surface area contributed by atoms with Gasteiger partial charge in [0.2, 0.25) is 0 Å². The zero-order valence-corrected chi connectivity index (χ0v) is 14.7. The van der Waals surface area contributed by atoms with Crippen molar-refractivity contribution in [3.63, 3.8) is 0 Å². The van der Waals surface area contributed by atoms with E-state index in [1.165, 1.54) is 18.4 Å². The fraction of sp³-hybridized carbons (Fsp3) is 0.667. The maximum Gasteiger partial charge on any atom is 0.401 e. The summed E-state index contributed by atoms with van der Waals surface area (Å²) < 4.78 is 38.8. The zero-order valence-electron chi connectivity index (χ0n) is 13.9. The molecule has 0 aromatic carbocycles. The quantitative estimate of drug-likeness (QED) is 0.823. The molecule has 1 aromatic heterocycles. The smallest absolute Gasteiger partial charge is 0.393 e. The molecule has 0 radical (unpaired) electrons. The lowest BCUT2D eigenvalue weighted by Gasteiger charge is -2.46. The van der Waals surface area contributed by atoms with Crippen molar-refractivity contribution in [1.82, 2.24) is 9.88 Å². The number of aromatic nitrogens is 1. The van der Waals surface area contributed by atoms with Crippen LogP contribution in [0.5, 0.6) is 0 Å². The lowest BCUT2D eigenvalue weighted by Crippen LogP contribution is -2.56. The van der Waals surface area contributed by atoms with Crippen LogP contribution in [-0.4, -0.2) is 39.7 Å².